The molecule has 0 spiro atoms. The Kier molecular flexibility index (Phi) is 5.85. The maximum Gasteiger partial charge on any atom is 0.419 e. The maximum absolute atomic E-state index is 12.6. The highest BCUT2D eigenvalue weighted by Crippen LogP contribution is 2.28. The van der Waals surface area contributed by atoms with E-state index in [0.717, 1.165) is 17.2 Å². The molecule has 28 heavy (non-hydrogen) atoms. The second kappa shape index (κ2) is 7.86. The van der Waals surface area contributed by atoms with E-state index in [1.165, 1.54) is 6.07 Å². The molecule has 0 aliphatic carbocycles. The third kappa shape index (κ3) is 4.93. The summed E-state index contributed by atoms with van der Waals surface area (Å²) in [5.74, 6) is 0.699. The molecule has 2 fully saturated rings. The zero-order chi connectivity index (χ0) is 20.5. The molecule has 0 radical (unpaired) electrons. The van der Waals surface area contributed by atoms with Crippen molar-refractivity contribution in [1.29, 1.82) is 0 Å². The number of carbonyl (C=O) groups excluding carboxylic acids is 1. The number of alkyl halides is 3. The van der Waals surface area contributed by atoms with Crippen molar-refractivity contribution in [3.8, 4) is 0 Å². The predicted molar refractivity (Wildman–Crippen MR) is 95.6 cm³/mol. The molecule has 2 saturated heterocycles. The van der Waals surface area contributed by atoms with Crippen LogP contribution in [0.4, 0.5) is 19.0 Å². The lowest BCUT2D eigenvalue weighted by atomic mass is 10.2. The Bertz CT molecular complexity index is 806. The molecule has 1 aromatic rings. The second-order valence-corrected chi connectivity index (χ2v) is 9.66. The molecule has 3 heterocycles. The van der Waals surface area contributed by atoms with E-state index in [4.69, 9.17) is 0 Å². The topological polar surface area (TPSA) is 76.3 Å². The number of rotatable bonds is 4. The minimum absolute atomic E-state index is 0.0299. The fourth-order valence-electron chi connectivity index (χ4n) is 3.65. The number of amides is 1. The van der Waals surface area contributed by atoms with Gasteiger partial charge in [0.1, 0.15) is 32.4 Å². The molecule has 7 nitrogen and oxygen atoms in total. The first-order valence-electron chi connectivity index (χ1n) is 9.19. The highest BCUT2D eigenvalue weighted by molar-refractivity contribution is 7.91. The van der Waals surface area contributed by atoms with Crippen LogP contribution in [0.3, 0.4) is 0 Å². The SMILES string of the molecule is CN(C(=O)C[NH+]1CCN(c2ccc(C(F)(F)F)c[nH+]2)CC1)[C@@H]1CCS(=O)(=O)C1. The van der Waals surface area contributed by atoms with Crippen LogP contribution in [-0.4, -0.2) is 76.5 Å². The number of quaternary nitrogens is 1. The second-order valence-electron chi connectivity index (χ2n) is 7.44. The Hall–Kier alpha value is -1.88. The molecule has 0 saturated carbocycles. The largest absolute Gasteiger partial charge is 0.419 e. The first-order chi connectivity index (χ1) is 13.0. The Morgan fingerprint density at radius 3 is 2.50 bits per heavy atom. The van der Waals surface area contributed by atoms with Crippen LogP contribution in [0, 0.1) is 0 Å². The molecule has 2 aliphatic rings. The van der Waals surface area contributed by atoms with Gasteiger partial charge in [0.05, 0.1) is 17.1 Å². The number of hydrogen-bond acceptors (Lipinski definition) is 4. The zero-order valence-corrected chi connectivity index (χ0v) is 16.4. The lowest BCUT2D eigenvalue weighted by Gasteiger charge is -2.30. The van der Waals surface area contributed by atoms with Gasteiger partial charge in [-0.3, -0.25) is 9.69 Å². The van der Waals surface area contributed by atoms with Crippen molar-refractivity contribution < 1.29 is 36.3 Å². The molecule has 1 amide bonds. The summed E-state index contributed by atoms with van der Waals surface area (Å²) in [5, 5.41) is 0. The molecule has 0 unspecified atom stereocenters. The number of likely N-dealkylation sites (N-methyl/N-ethyl adjacent to an activating group) is 1. The molecule has 1 atom stereocenters. The van der Waals surface area contributed by atoms with Gasteiger partial charge in [0, 0.05) is 19.2 Å². The highest BCUT2D eigenvalue weighted by atomic mass is 32.2. The van der Waals surface area contributed by atoms with Crippen LogP contribution in [0.1, 0.15) is 12.0 Å². The predicted octanol–water partition coefficient (Wildman–Crippen LogP) is -1.13. The van der Waals surface area contributed by atoms with E-state index in [9.17, 15) is 26.4 Å². The van der Waals surface area contributed by atoms with E-state index in [1.54, 1.807) is 11.9 Å². The molecular weight excluding hydrogens is 397 g/mol. The van der Waals surface area contributed by atoms with Crippen LogP contribution in [0.2, 0.25) is 0 Å². The van der Waals surface area contributed by atoms with Gasteiger partial charge < -0.3 is 9.80 Å². The lowest BCUT2D eigenvalue weighted by Crippen LogP contribution is -3.16. The number of anilines is 1. The molecule has 2 N–H and O–H groups in total. The number of nitrogens with zero attached hydrogens (tertiary/aromatic N) is 2. The van der Waals surface area contributed by atoms with Gasteiger partial charge in [0.15, 0.2) is 16.4 Å². The summed E-state index contributed by atoms with van der Waals surface area (Å²) in [4.78, 5) is 19.8. The maximum atomic E-state index is 12.6. The summed E-state index contributed by atoms with van der Waals surface area (Å²) in [5.41, 5.74) is -0.719. The van der Waals surface area contributed by atoms with Crippen LogP contribution in [0.15, 0.2) is 18.3 Å². The summed E-state index contributed by atoms with van der Waals surface area (Å²) in [7, 11) is -1.39. The number of hydrogen-bond donors (Lipinski definition) is 1. The van der Waals surface area contributed by atoms with Crippen molar-refractivity contribution in [2.24, 2.45) is 0 Å². The van der Waals surface area contributed by atoms with Crippen molar-refractivity contribution in [3.63, 3.8) is 0 Å². The zero-order valence-electron chi connectivity index (χ0n) is 15.6. The fraction of sp³-hybridized carbons (Fsp3) is 0.647. The van der Waals surface area contributed by atoms with Gasteiger partial charge >= 0.3 is 6.18 Å². The van der Waals surface area contributed by atoms with Crippen LogP contribution in [0.5, 0.6) is 0 Å². The molecule has 0 bridgehead atoms. The van der Waals surface area contributed by atoms with Crippen molar-refractivity contribution >= 4 is 21.6 Å². The van der Waals surface area contributed by atoms with E-state index >= 15 is 0 Å². The average molecular weight is 422 g/mol. The summed E-state index contributed by atoms with van der Waals surface area (Å²) in [6, 6.07) is 2.23. The number of H-pyrrole nitrogens is 1. The first-order valence-corrected chi connectivity index (χ1v) is 11.0. The number of piperazine rings is 1. The standard InChI is InChI=1S/C17H23F3N4O3S/c1-22(14-4-9-28(26,27)12-14)16(25)11-23-5-7-24(8-6-23)15-3-2-13(10-21-15)17(18,19)20/h2-3,10,14H,4-9,11-12H2,1H3/p+2/t14-/m1/s1. The van der Waals surface area contributed by atoms with E-state index in [1.807, 2.05) is 4.90 Å². The van der Waals surface area contributed by atoms with Crippen molar-refractivity contribution in [2.75, 3.05) is 56.2 Å². The van der Waals surface area contributed by atoms with Gasteiger partial charge in [-0.05, 0) is 12.5 Å². The molecule has 3 rings (SSSR count). The quantitative estimate of drug-likeness (QED) is 0.667. The minimum Gasteiger partial charge on any atom is -0.337 e. The van der Waals surface area contributed by atoms with E-state index < -0.39 is 21.6 Å². The summed E-state index contributed by atoms with van der Waals surface area (Å²) >= 11 is 0. The van der Waals surface area contributed by atoms with Crippen LogP contribution in [0.25, 0.3) is 0 Å². The molecule has 2 aliphatic heterocycles. The van der Waals surface area contributed by atoms with Gasteiger partial charge in [-0.15, -0.1) is 0 Å². The third-order valence-electron chi connectivity index (χ3n) is 5.49. The van der Waals surface area contributed by atoms with Crippen molar-refractivity contribution in [1.82, 2.24) is 4.90 Å². The number of sulfone groups is 1. The Morgan fingerprint density at radius 2 is 2.00 bits per heavy atom. The summed E-state index contributed by atoms with van der Waals surface area (Å²) in [6.45, 7) is 2.88. The van der Waals surface area contributed by atoms with E-state index in [-0.39, 0.29) is 30.0 Å². The molecule has 156 valence electrons. The normalized spacial score (nSPS) is 23.0. The summed E-state index contributed by atoms with van der Waals surface area (Å²) < 4.78 is 61.1. The summed E-state index contributed by atoms with van der Waals surface area (Å²) in [6.07, 6.45) is -2.93. The number of carbonyl (C=O) groups is 1. The van der Waals surface area contributed by atoms with E-state index in [0.29, 0.717) is 38.4 Å². The highest BCUT2D eigenvalue weighted by Gasteiger charge is 2.35. The minimum atomic E-state index is -4.37. The van der Waals surface area contributed by atoms with E-state index in [2.05, 4.69) is 4.98 Å². The smallest absolute Gasteiger partial charge is 0.337 e. The number of pyridine rings is 1. The molecule has 11 heteroatoms. The van der Waals surface area contributed by atoms with Crippen molar-refractivity contribution in [3.05, 3.63) is 23.9 Å². The van der Waals surface area contributed by atoms with Crippen molar-refractivity contribution in [2.45, 2.75) is 18.6 Å². The Balaban J connectivity index is 1.49. The van der Waals surface area contributed by atoms with Crippen LogP contribution < -0.4 is 14.8 Å². The van der Waals surface area contributed by atoms with Gasteiger partial charge in [-0.1, -0.05) is 0 Å². The van der Waals surface area contributed by atoms with Gasteiger partial charge in [-0.25, -0.2) is 13.4 Å². The molecule has 1 aromatic heterocycles. The Morgan fingerprint density at radius 1 is 1.32 bits per heavy atom. The number of nitrogens with one attached hydrogen (secondary N) is 2. The number of halogens is 3. The average Bonchev–Trinajstić information content (AvgIpc) is 3.01. The van der Waals surface area contributed by atoms with Crippen LogP contribution in [-0.2, 0) is 20.8 Å². The Labute approximate surface area is 162 Å². The van der Waals surface area contributed by atoms with Gasteiger partial charge in [0.25, 0.3) is 11.7 Å². The lowest BCUT2D eigenvalue weighted by molar-refractivity contribution is -0.892. The van der Waals surface area contributed by atoms with Crippen LogP contribution >= 0.6 is 0 Å². The monoisotopic (exact) mass is 422 g/mol. The fourth-order valence-corrected chi connectivity index (χ4v) is 5.43. The molecular formula is C17H25F3N4O3S+2. The first kappa shape index (κ1) is 20.8. The third-order valence-corrected chi connectivity index (χ3v) is 7.24. The van der Waals surface area contributed by atoms with Gasteiger partial charge in [0.2, 0.25) is 0 Å². The number of aromatic amines is 1. The molecule has 0 aromatic carbocycles. The number of aromatic nitrogens is 1. The van der Waals surface area contributed by atoms with Gasteiger partial charge in [-0.2, -0.15) is 13.2 Å².